The van der Waals surface area contributed by atoms with E-state index in [1.807, 2.05) is 12.1 Å². The number of rotatable bonds is 3. The van der Waals surface area contributed by atoms with Gasteiger partial charge in [-0.15, -0.1) is 0 Å². The number of hydrogen-bond acceptors (Lipinski definition) is 3. The molecule has 20 heavy (non-hydrogen) atoms. The highest BCUT2D eigenvalue weighted by Gasteiger charge is 2.30. The fraction of sp³-hybridized carbons (Fsp3) is 0.333. The fourth-order valence-electron chi connectivity index (χ4n) is 2.17. The van der Waals surface area contributed by atoms with Crippen LogP contribution in [-0.4, -0.2) is 37.0 Å². The molecule has 1 heterocycles. The first-order valence-corrected chi connectivity index (χ1v) is 6.78. The zero-order valence-corrected chi connectivity index (χ0v) is 12.0. The van der Waals surface area contributed by atoms with Gasteiger partial charge in [0.15, 0.2) is 0 Å². The molecule has 1 unspecified atom stereocenters. The molecule has 0 N–H and O–H groups in total. The Morgan fingerprint density at radius 1 is 1.35 bits per heavy atom. The predicted molar refractivity (Wildman–Crippen MR) is 77.2 cm³/mol. The van der Waals surface area contributed by atoms with Gasteiger partial charge in [0.05, 0.1) is 13.0 Å². The average Bonchev–Trinajstić information content (AvgIpc) is 2.95. The molecule has 0 saturated carbocycles. The van der Waals surface area contributed by atoms with E-state index in [1.54, 1.807) is 23.1 Å². The highest BCUT2D eigenvalue weighted by molar-refractivity contribution is 6.30. The zero-order chi connectivity index (χ0) is 14.5. The molecule has 1 aromatic rings. The Morgan fingerprint density at radius 2 is 2.05 bits per heavy atom. The molecule has 1 fully saturated rings. The molecule has 4 nitrogen and oxygen atoms in total. The number of halogens is 1. The Bertz CT molecular complexity index is 524. The molecule has 0 aliphatic carbocycles. The van der Waals surface area contributed by atoms with Gasteiger partial charge < -0.3 is 9.64 Å². The highest BCUT2D eigenvalue weighted by Crippen LogP contribution is 2.18. The van der Waals surface area contributed by atoms with E-state index in [1.165, 1.54) is 13.2 Å². The van der Waals surface area contributed by atoms with Gasteiger partial charge >= 0.3 is 5.97 Å². The maximum absolute atomic E-state index is 12.0. The quantitative estimate of drug-likeness (QED) is 0.635. The molecule has 1 aliphatic rings. The molecule has 0 aromatic heterocycles. The summed E-state index contributed by atoms with van der Waals surface area (Å²) in [5, 5.41) is 0.661. The molecule has 106 valence electrons. The Hall–Kier alpha value is -1.81. The normalized spacial score (nSPS) is 18.5. The van der Waals surface area contributed by atoms with Crippen molar-refractivity contribution in [1.29, 1.82) is 0 Å². The van der Waals surface area contributed by atoms with Gasteiger partial charge in [0.25, 0.3) is 0 Å². The van der Waals surface area contributed by atoms with Gasteiger partial charge in [-0.05, 0) is 30.2 Å². The summed E-state index contributed by atoms with van der Waals surface area (Å²) in [6.07, 6.45) is 3.92. The van der Waals surface area contributed by atoms with Gasteiger partial charge in [-0.25, -0.2) is 0 Å². The van der Waals surface area contributed by atoms with Gasteiger partial charge in [-0.2, -0.15) is 0 Å². The minimum absolute atomic E-state index is 0.0913. The smallest absolute Gasteiger partial charge is 0.310 e. The molecule has 1 aromatic carbocycles. The van der Waals surface area contributed by atoms with Crippen molar-refractivity contribution in [3.05, 3.63) is 40.9 Å². The van der Waals surface area contributed by atoms with Crippen molar-refractivity contribution in [2.45, 2.75) is 6.42 Å². The van der Waals surface area contributed by atoms with Crippen LogP contribution >= 0.6 is 11.6 Å². The second-order valence-electron chi connectivity index (χ2n) is 4.68. The van der Waals surface area contributed by atoms with Crippen LogP contribution in [0.5, 0.6) is 0 Å². The first-order chi connectivity index (χ1) is 9.60. The zero-order valence-electron chi connectivity index (χ0n) is 11.2. The summed E-state index contributed by atoms with van der Waals surface area (Å²) in [4.78, 5) is 25.1. The molecule has 1 atom stereocenters. The van der Waals surface area contributed by atoms with Crippen molar-refractivity contribution in [2.24, 2.45) is 5.92 Å². The Morgan fingerprint density at radius 3 is 2.70 bits per heavy atom. The monoisotopic (exact) mass is 293 g/mol. The van der Waals surface area contributed by atoms with E-state index >= 15 is 0 Å². The third-order valence-electron chi connectivity index (χ3n) is 3.32. The van der Waals surface area contributed by atoms with Crippen LogP contribution in [0.15, 0.2) is 30.3 Å². The minimum atomic E-state index is -0.248. The molecule has 0 radical (unpaired) electrons. The SMILES string of the molecule is COC(=O)C1CCN(C(=O)/C=C/c2ccc(Cl)cc2)C1. The predicted octanol–water partition coefficient (Wildman–Crippen LogP) is 2.37. The van der Waals surface area contributed by atoms with Gasteiger partial charge in [-0.3, -0.25) is 9.59 Å². The van der Waals surface area contributed by atoms with Crippen molar-refractivity contribution >= 4 is 29.6 Å². The second kappa shape index (κ2) is 6.57. The van der Waals surface area contributed by atoms with E-state index in [0.717, 1.165) is 5.56 Å². The number of carbonyl (C=O) groups excluding carboxylic acids is 2. The highest BCUT2D eigenvalue weighted by atomic mass is 35.5. The van der Waals surface area contributed by atoms with E-state index < -0.39 is 0 Å². The van der Waals surface area contributed by atoms with Crippen LogP contribution in [0, 0.1) is 5.92 Å². The standard InChI is InChI=1S/C15H16ClNO3/c1-20-15(19)12-8-9-17(10-12)14(18)7-4-11-2-5-13(16)6-3-11/h2-7,12H,8-10H2,1H3/b7-4+. The molecule has 1 aliphatic heterocycles. The summed E-state index contributed by atoms with van der Waals surface area (Å²) in [5.41, 5.74) is 0.909. The Labute approximate surface area is 123 Å². The summed E-state index contributed by atoms with van der Waals surface area (Å²) in [6, 6.07) is 7.23. The summed E-state index contributed by atoms with van der Waals surface area (Å²) in [6.45, 7) is 1.01. The molecule has 5 heteroatoms. The third-order valence-corrected chi connectivity index (χ3v) is 3.57. The molecule has 0 spiro atoms. The summed E-state index contributed by atoms with van der Waals surface area (Å²) in [7, 11) is 1.37. The Kier molecular flexibility index (Phi) is 4.79. The molecule has 1 saturated heterocycles. The number of carbonyl (C=O) groups is 2. The van der Waals surface area contributed by atoms with Gasteiger partial charge in [-0.1, -0.05) is 23.7 Å². The molecular formula is C15H16ClNO3. The maximum Gasteiger partial charge on any atom is 0.310 e. The summed E-state index contributed by atoms with van der Waals surface area (Å²) in [5.74, 6) is -0.541. The molecule has 0 bridgehead atoms. The van der Waals surface area contributed by atoms with Gasteiger partial charge in [0.1, 0.15) is 0 Å². The van der Waals surface area contributed by atoms with E-state index in [-0.39, 0.29) is 17.8 Å². The average molecular weight is 294 g/mol. The maximum atomic E-state index is 12.0. The van der Waals surface area contributed by atoms with Crippen molar-refractivity contribution in [1.82, 2.24) is 4.90 Å². The van der Waals surface area contributed by atoms with Gasteiger partial charge in [0, 0.05) is 24.2 Å². The molecule has 2 rings (SSSR count). The Balaban J connectivity index is 1.92. The first-order valence-electron chi connectivity index (χ1n) is 6.40. The lowest BCUT2D eigenvalue weighted by molar-refractivity contribution is -0.145. The number of nitrogens with zero attached hydrogens (tertiary/aromatic N) is 1. The van der Waals surface area contributed by atoms with Crippen molar-refractivity contribution < 1.29 is 14.3 Å². The number of methoxy groups -OCH3 is 1. The number of likely N-dealkylation sites (tertiary alicyclic amines) is 1. The number of ether oxygens (including phenoxy) is 1. The second-order valence-corrected chi connectivity index (χ2v) is 5.11. The van der Waals surface area contributed by atoms with Gasteiger partial charge in [0.2, 0.25) is 5.91 Å². The first kappa shape index (κ1) is 14.6. The molecular weight excluding hydrogens is 278 g/mol. The van der Waals surface area contributed by atoms with E-state index in [0.29, 0.717) is 24.5 Å². The number of amides is 1. The van der Waals surface area contributed by atoms with E-state index in [4.69, 9.17) is 16.3 Å². The minimum Gasteiger partial charge on any atom is -0.469 e. The fourth-order valence-corrected chi connectivity index (χ4v) is 2.29. The number of hydrogen-bond donors (Lipinski definition) is 0. The van der Waals surface area contributed by atoms with Crippen molar-refractivity contribution in [3.8, 4) is 0 Å². The molecule has 1 amide bonds. The van der Waals surface area contributed by atoms with Crippen LogP contribution in [0.4, 0.5) is 0 Å². The number of esters is 1. The van der Waals surface area contributed by atoms with Crippen molar-refractivity contribution in [2.75, 3.05) is 20.2 Å². The van der Waals surface area contributed by atoms with Crippen molar-refractivity contribution in [3.63, 3.8) is 0 Å². The van der Waals surface area contributed by atoms with Crippen LogP contribution in [0.1, 0.15) is 12.0 Å². The van der Waals surface area contributed by atoms with Crippen LogP contribution < -0.4 is 0 Å². The largest absolute Gasteiger partial charge is 0.469 e. The topological polar surface area (TPSA) is 46.6 Å². The van der Waals surface area contributed by atoms with Crippen LogP contribution in [0.3, 0.4) is 0 Å². The van der Waals surface area contributed by atoms with Crippen LogP contribution in [0.25, 0.3) is 6.08 Å². The third kappa shape index (κ3) is 3.61. The lowest BCUT2D eigenvalue weighted by Gasteiger charge is -2.13. The lowest BCUT2D eigenvalue weighted by Crippen LogP contribution is -2.28. The van der Waals surface area contributed by atoms with E-state index in [9.17, 15) is 9.59 Å². The lowest BCUT2D eigenvalue weighted by atomic mass is 10.1. The van der Waals surface area contributed by atoms with Crippen LogP contribution in [-0.2, 0) is 14.3 Å². The van der Waals surface area contributed by atoms with Crippen LogP contribution in [0.2, 0.25) is 5.02 Å². The summed E-state index contributed by atoms with van der Waals surface area (Å²) >= 11 is 5.79. The van der Waals surface area contributed by atoms with E-state index in [2.05, 4.69) is 0 Å². The summed E-state index contributed by atoms with van der Waals surface area (Å²) < 4.78 is 4.70. The number of benzene rings is 1.